The topological polar surface area (TPSA) is 75.7 Å². The van der Waals surface area contributed by atoms with E-state index in [-0.39, 0.29) is 5.91 Å². The van der Waals surface area contributed by atoms with Gasteiger partial charge in [-0.3, -0.25) is 9.10 Å². The van der Waals surface area contributed by atoms with E-state index in [2.05, 4.69) is 5.32 Å². The highest BCUT2D eigenvalue weighted by Crippen LogP contribution is 2.24. The van der Waals surface area contributed by atoms with Crippen LogP contribution < -0.4 is 14.4 Å². The molecule has 0 aromatic heterocycles. The third kappa shape index (κ3) is 6.14. The van der Waals surface area contributed by atoms with Crippen LogP contribution in [0.4, 0.5) is 5.69 Å². The third-order valence-corrected chi connectivity index (χ3v) is 5.73. The lowest BCUT2D eigenvalue weighted by molar-refractivity contribution is -0.121. The fourth-order valence-electron chi connectivity index (χ4n) is 2.87. The fraction of sp³-hybridized carbons (Fsp3) is 0.350. The number of anilines is 1. The van der Waals surface area contributed by atoms with E-state index >= 15 is 0 Å². The maximum absolute atomic E-state index is 12.5. The number of amides is 1. The van der Waals surface area contributed by atoms with Crippen molar-refractivity contribution in [3.05, 3.63) is 59.1 Å². The molecule has 0 saturated carbocycles. The van der Waals surface area contributed by atoms with Crippen molar-refractivity contribution in [2.45, 2.75) is 25.8 Å². The van der Waals surface area contributed by atoms with Crippen LogP contribution in [-0.2, 0) is 21.2 Å². The monoisotopic (exact) mass is 424 g/mol. The Hall–Kier alpha value is -2.25. The van der Waals surface area contributed by atoms with E-state index in [0.717, 1.165) is 34.7 Å². The van der Waals surface area contributed by atoms with Crippen molar-refractivity contribution < 1.29 is 17.9 Å². The lowest BCUT2D eigenvalue weighted by Gasteiger charge is -2.28. The highest BCUT2D eigenvalue weighted by Gasteiger charge is 2.28. The second kappa shape index (κ2) is 9.80. The van der Waals surface area contributed by atoms with E-state index in [0.29, 0.717) is 17.3 Å². The predicted molar refractivity (Wildman–Crippen MR) is 113 cm³/mol. The van der Waals surface area contributed by atoms with Gasteiger partial charge in [0, 0.05) is 11.6 Å². The first-order valence-corrected chi connectivity index (χ1v) is 11.1. The van der Waals surface area contributed by atoms with Crippen molar-refractivity contribution in [1.29, 1.82) is 0 Å². The number of rotatable bonds is 9. The van der Waals surface area contributed by atoms with Crippen molar-refractivity contribution in [3.63, 3.8) is 0 Å². The van der Waals surface area contributed by atoms with Gasteiger partial charge in [0.15, 0.2) is 0 Å². The number of nitrogens with zero attached hydrogens (tertiary/aromatic N) is 1. The van der Waals surface area contributed by atoms with Crippen molar-refractivity contribution >= 4 is 33.2 Å². The largest absolute Gasteiger partial charge is 0.497 e. The Morgan fingerprint density at radius 2 is 1.89 bits per heavy atom. The third-order valence-electron chi connectivity index (χ3n) is 4.25. The first kappa shape index (κ1) is 22.0. The lowest BCUT2D eigenvalue weighted by atomic mass is 10.1. The van der Waals surface area contributed by atoms with Gasteiger partial charge in [-0.05, 0) is 55.7 Å². The van der Waals surface area contributed by atoms with Crippen LogP contribution in [-0.4, -0.2) is 40.3 Å². The van der Waals surface area contributed by atoms with E-state index in [1.54, 1.807) is 32.2 Å². The number of carbonyl (C=O) groups excluding carboxylic acids is 1. The van der Waals surface area contributed by atoms with Crippen LogP contribution in [0, 0.1) is 0 Å². The van der Waals surface area contributed by atoms with Crippen LogP contribution >= 0.6 is 11.6 Å². The maximum atomic E-state index is 12.5. The van der Waals surface area contributed by atoms with Gasteiger partial charge in [0.25, 0.3) is 0 Å². The number of methoxy groups -OCH3 is 1. The van der Waals surface area contributed by atoms with Crippen LogP contribution in [0.3, 0.4) is 0 Å². The quantitative estimate of drug-likeness (QED) is 0.627. The Kier molecular flexibility index (Phi) is 7.71. The van der Waals surface area contributed by atoms with Crippen LogP contribution in [0.5, 0.6) is 5.75 Å². The molecule has 0 unspecified atom stereocenters. The summed E-state index contributed by atoms with van der Waals surface area (Å²) < 4.78 is 30.7. The molecule has 1 atom stereocenters. The molecule has 0 aliphatic rings. The van der Waals surface area contributed by atoms with Gasteiger partial charge in [-0.15, -0.1) is 0 Å². The molecule has 0 radical (unpaired) electrons. The van der Waals surface area contributed by atoms with Crippen LogP contribution in [0.2, 0.25) is 5.02 Å². The Morgan fingerprint density at radius 1 is 1.21 bits per heavy atom. The van der Waals surface area contributed by atoms with Gasteiger partial charge in [0.2, 0.25) is 15.9 Å². The number of aryl methyl sites for hydroxylation is 1. The van der Waals surface area contributed by atoms with E-state index in [1.165, 1.54) is 6.07 Å². The smallest absolute Gasteiger partial charge is 0.243 e. The van der Waals surface area contributed by atoms with Crippen LogP contribution in [0.25, 0.3) is 0 Å². The van der Waals surface area contributed by atoms with Crippen molar-refractivity contribution in [1.82, 2.24) is 5.32 Å². The summed E-state index contributed by atoms with van der Waals surface area (Å²) in [5.74, 6) is 0.438. The second-order valence-corrected chi connectivity index (χ2v) is 8.75. The van der Waals surface area contributed by atoms with Gasteiger partial charge in [0.1, 0.15) is 11.8 Å². The molecule has 0 bridgehead atoms. The molecule has 0 saturated heterocycles. The van der Waals surface area contributed by atoms with E-state index < -0.39 is 16.1 Å². The molecule has 152 valence electrons. The number of nitrogens with one attached hydrogen (secondary N) is 1. The highest BCUT2D eigenvalue weighted by atomic mass is 35.5. The van der Waals surface area contributed by atoms with Crippen molar-refractivity contribution in [2.24, 2.45) is 0 Å². The van der Waals surface area contributed by atoms with E-state index in [4.69, 9.17) is 16.3 Å². The summed E-state index contributed by atoms with van der Waals surface area (Å²) in [5, 5.41) is 3.21. The molecule has 0 spiro atoms. The van der Waals surface area contributed by atoms with E-state index in [1.807, 2.05) is 24.3 Å². The fourth-order valence-corrected chi connectivity index (χ4v) is 4.22. The molecule has 2 aromatic rings. The Bertz CT molecular complexity index is 901. The number of benzene rings is 2. The Morgan fingerprint density at radius 3 is 2.46 bits per heavy atom. The summed E-state index contributed by atoms with van der Waals surface area (Å²) in [7, 11) is -2.04. The average molecular weight is 425 g/mol. The highest BCUT2D eigenvalue weighted by molar-refractivity contribution is 7.92. The summed E-state index contributed by atoms with van der Waals surface area (Å²) in [4.78, 5) is 12.5. The molecule has 6 nitrogen and oxygen atoms in total. The number of halogens is 1. The van der Waals surface area contributed by atoms with Crippen molar-refractivity contribution in [3.8, 4) is 5.75 Å². The zero-order chi connectivity index (χ0) is 20.7. The molecule has 1 N–H and O–H groups in total. The SMILES string of the molecule is COc1ccc(CCCNC(=O)[C@@H](C)N(c2cccc(Cl)c2)S(C)(=O)=O)cc1. The average Bonchev–Trinajstić information content (AvgIpc) is 2.64. The van der Waals surface area contributed by atoms with Gasteiger partial charge in [-0.1, -0.05) is 29.8 Å². The number of hydrogen-bond acceptors (Lipinski definition) is 4. The number of carbonyl (C=O) groups is 1. The minimum Gasteiger partial charge on any atom is -0.497 e. The minimum absolute atomic E-state index is 0.357. The van der Waals surface area contributed by atoms with Crippen molar-refractivity contribution in [2.75, 3.05) is 24.2 Å². The molecular formula is C20H25ClN2O4S. The first-order valence-electron chi connectivity index (χ1n) is 8.88. The zero-order valence-corrected chi connectivity index (χ0v) is 17.8. The maximum Gasteiger partial charge on any atom is 0.243 e. The lowest BCUT2D eigenvalue weighted by Crippen LogP contribution is -2.48. The molecule has 28 heavy (non-hydrogen) atoms. The molecule has 0 fully saturated rings. The molecular weight excluding hydrogens is 400 g/mol. The summed E-state index contributed by atoms with van der Waals surface area (Å²) in [5.41, 5.74) is 1.50. The molecule has 8 heteroatoms. The molecule has 0 aliphatic heterocycles. The molecule has 2 rings (SSSR count). The number of hydrogen-bond donors (Lipinski definition) is 1. The Labute approximate surface area is 171 Å². The first-order chi connectivity index (χ1) is 13.2. The number of sulfonamides is 1. The van der Waals surface area contributed by atoms with Crippen LogP contribution in [0.15, 0.2) is 48.5 Å². The summed E-state index contributed by atoms with van der Waals surface area (Å²) in [6.07, 6.45) is 2.60. The standard InChI is InChI=1S/C20H25ClN2O4S/c1-15(23(28(3,25)26)18-8-4-7-17(21)14-18)20(24)22-13-5-6-16-9-11-19(27-2)12-10-16/h4,7-12,14-15H,5-6,13H2,1-3H3,(H,22,24)/t15-/m1/s1. The predicted octanol–water partition coefficient (Wildman–Crippen LogP) is 3.25. The molecule has 2 aromatic carbocycles. The van der Waals surface area contributed by atoms with Gasteiger partial charge in [-0.2, -0.15) is 0 Å². The van der Waals surface area contributed by atoms with Gasteiger partial charge >= 0.3 is 0 Å². The minimum atomic E-state index is -3.66. The number of ether oxygens (including phenoxy) is 1. The molecule has 1 amide bonds. The van der Waals surface area contributed by atoms with E-state index in [9.17, 15) is 13.2 Å². The van der Waals surface area contributed by atoms with Gasteiger partial charge in [-0.25, -0.2) is 8.42 Å². The summed E-state index contributed by atoms with van der Waals surface area (Å²) in [6, 6.07) is 13.3. The molecule has 0 aliphatic carbocycles. The summed E-state index contributed by atoms with van der Waals surface area (Å²) >= 11 is 5.97. The van der Waals surface area contributed by atoms with Crippen LogP contribution in [0.1, 0.15) is 18.9 Å². The normalized spacial score (nSPS) is 12.3. The second-order valence-electron chi connectivity index (χ2n) is 6.46. The molecule has 0 heterocycles. The Balaban J connectivity index is 1.95. The van der Waals surface area contributed by atoms with Gasteiger partial charge in [0.05, 0.1) is 19.1 Å². The summed E-state index contributed by atoms with van der Waals surface area (Å²) in [6.45, 7) is 2.00. The van der Waals surface area contributed by atoms with Gasteiger partial charge < -0.3 is 10.1 Å². The zero-order valence-electron chi connectivity index (χ0n) is 16.2.